The Kier molecular flexibility index (Phi) is 2.12. The van der Waals surface area contributed by atoms with Crippen LogP contribution < -0.4 is 0 Å². The fourth-order valence-electron chi connectivity index (χ4n) is 0.936. The van der Waals surface area contributed by atoms with Gasteiger partial charge in [0.2, 0.25) is 0 Å². The molecule has 0 radical (unpaired) electrons. The molecule has 0 saturated heterocycles. The first-order chi connectivity index (χ1) is 5.27. The molecule has 0 aromatic heterocycles. The minimum Gasteiger partial charge on any atom is -0.499 e. The molecule has 0 aliphatic heterocycles. The minimum atomic E-state index is 0.597. The van der Waals surface area contributed by atoms with Crippen molar-refractivity contribution in [2.45, 2.75) is 6.42 Å². The zero-order chi connectivity index (χ0) is 8.27. The molecule has 0 unspecified atom stereocenters. The van der Waals surface area contributed by atoms with Crippen molar-refractivity contribution in [3.05, 3.63) is 35.6 Å². The quantitative estimate of drug-likeness (QED) is 0.567. The normalized spacial score (nSPS) is 16.5. The van der Waals surface area contributed by atoms with Crippen LogP contribution in [0.25, 0.3) is 0 Å². The molecule has 0 amide bonds. The van der Waals surface area contributed by atoms with Gasteiger partial charge in [0.1, 0.15) is 11.8 Å². The van der Waals surface area contributed by atoms with E-state index >= 15 is 0 Å². The molecular formula is C9H9NO. The van der Waals surface area contributed by atoms with Crippen LogP contribution in [0.3, 0.4) is 0 Å². The summed E-state index contributed by atoms with van der Waals surface area (Å²) in [4.78, 5) is 0. The third-order valence-electron chi connectivity index (χ3n) is 1.54. The van der Waals surface area contributed by atoms with Crippen molar-refractivity contribution < 1.29 is 4.74 Å². The Bertz CT molecular complexity index is 278. The predicted molar refractivity (Wildman–Crippen MR) is 42.5 cm³/mol. The van der Waals surface area contributed by atoms with E-state index in [1.54, 1.807) is 13.2 Å². The van der Waals surface area contributed by atoms with Gasteiger partial charge in [-0.2, -0.15) is 5.26 Å². The van der Waals surface area contributed by atoms with Crippen molar-refractivity contribution in [3.63, 3.8) is 0 Å². The molecule has 0 saturated carbocycles. The number of hydrogen-bond acceptors (Lipinski definition) is 2. The van der Waals surface area contributed by atoms with Gasteiger partial charge in [0.25, 0.3) is 0 Å². The van der Waals surface area contributed by atoms with Crippen LogP contribution in [0.5, 0.6) is 0 Å². The van der Waals surface area contributed by atoms with E-state index in [0.29, 0.717) is 17.8 Å². The van der Waals surface area contributed by atoms with Gasteiger partial charge in [0.15, 0.2) is 0 Å². The van der Waals surface area contributed by atoms with Crippen molar-refractivity contribution in [1.82, 2.24) is 0 Å². The molecule has 0 aromatic rings. The van der Waals surface area contributed by atoms with Gasteiger partial charge >= 0.3 is 0 Å². The SMILES string of the molecule is C=C1C=CC(C#N)=C(OC)C1. The summed E-state index contributed by atoms with van der Waals surface area (Å²) in [5, 5.41) is 8.61. The number of nitrogens with zero attached hydrogens (tertiary/aromatic N) is 1. The van der Waals surface area contributed by atoms with Crippen LogP contribution in [0, 0.1) is 11.3 Å². The molecule has 2 heteroatoms. The Balaban J connectivity index is 2.96. The van der Waals surface area contributed by atoms with Crippen molar-refractivity contribution in [2.24, 2.45) is 0 Å². The summed E-state index contributed by atoms with van der Waals surface area (Å²) in [5.74, 6) is 0.708. The van der Waals surface area contributed by atoms with E-state index < -0.39 is 0 Å². The number of methoxy groups -OCH3 is 1. The monoisotopic (exact) mass is 147 g/mol. The van der Waals surface area contributed by atoms with Gasteiger partial charge in [-0.1, -0.05) is 12.7 Å². The third-order valence-corrected chi connectivity index (χ3v) is 1.54. The van der Waals surface area contributed by atoms with Gasteiger partial charge < -0.3 is 4.74 Å². The van der Waals surface area contributed by atoms with Gasteiger partial charge in [-0.15, -0.1) is 0 Å². The molecule has 0 spiro atoms. The van der Waals surface area contributed by atoms with E-state index in [0.717, 1.165) is 5.57 Å². The summed E-state index contributed by atoms with van der Waals surface area (Å²) in [7, 11) is 1.57. The Morgan fingerprint density at radius 3 is 2.91 bits per heavy atom. The van der Waals surface area contributed by atoms with E-state index in [4.69, 9.17) is 10.00 Å². The van der Waals surface area contributed by atoms with Crippen molar-refractivity contribution in [2.75, 3.05) is 7.11 Å². The van der Waals surface area contributed by atoms with Crippen LogP contribution >= 0.6 is 0 Å². The lowest BCUT2D eigenvalue weighted by Crippen LogP contribution is -1.97. The maximum atomic E-state index is 8.61. The summed E-state index contributed by atoms with van der Waals surface area (Å²) in [6.45, 7) is 3.77. The number of ether oxygens (including phenoxy) is 1. The smallest absolute Gasteiger partial charge is 0.118 e. The number of allylic oxidation sites excluding steroid dienone is 4. The Hall–Kier alpha value is -1.49. The van der Waals surface area contributed by atoms with Crippen LogP contribution in [0.4, 0.5) is 0 Å². The Labute approximate surface area is 66.1 Å². The number of rotatable bonds is 1. The average Bonchev–Trinajstić information content (AvgIpc) is 2.04. The highest BCUT2D eigenvalue weighted by atomic mass is 16.5. The van der Waals surface area contributed by atoms with E-state index in [1.165, 1.54) is 0 Å². The molecule has 0 atom stereocenters. The zero-order valence-corrected chi connectivity index (χ0v) is 6.42. The van der Waals surface area contributed by atoms with E-state index in [1.807, 2.05) is 6.08 Å². The van der Waals surface area contributed by atoms with Gasteiger partial charge in [0.05, 0.1) is 12.7 Å². The number of nitriles is 1. The fourth-order valence-corrected chi connectivity index (χ4v) is 0.936. The molecule has 1 aliphatic carbocycles. The minimum absolute atomic E-state index is 0.597. The van der Waals surface area contributed by atoms with E-state index in [2.05, 4.69) is 12.6 Å². The third kappa shape index (κ3) is 1.50. The van der Waals surface area contributed by atoms with Gasteiger partial charge in [-0.25, -0.2) is 0 Å². The van der Waals surface area contributed by atoms with Crippen LogP contribution in [-0.2, 0) is 4.74 Å². The maximum absolute atomic E-state index is 8.61. The van der Waals surface area contributed by atoms with Crippen LogP contribution in [0.2, 0.25) is 0 Å². The first-order valence-electron chi connectivity index (χ1n) is 3.31. The Morgan fingerprint density at radius 1 is 1.64 bits per heavy atom. The van der Waals surface area contributed by atoms with Gasteiger partial charge in [0, 0.05) is 6.42 Å². The Morgan fingerprint density at radius 2 is 2.36 bits per heavy atom. The van der Waals surface area contributed by atoms with Crippen LogP contribution in [0.15, 0.2) is 35.6 Å². The van der Waals surface area contributed by atoms with E-state index in [9.17, 15) is 0 Å². The molecule has 11 heavy (non-hydrogen) atoms. The molecule has 0 N–H and O–H groups in total. The first kappa shape index (κ1) is 7.62. The lowest BCUT2D eigenvalue weighted by Gasteiger charge is -2.10. The molecule has 0 fully saturated rings. The molecule has 2 nitrogen and oxygen atoms in total. The molecule has 1 aliphatic rings. The fraction of sp³-hybridized carbons (Fsp3) is 0.222. The second kappa shape index (κ2) is 3.07. The molecular weight excluding hydrogens is 138 g/mol. The predicted octanol–water partition coefficient (Wildman–Crippen LogP) is 1.93. The zero-order valence-electron chi connectivity index (χ0n) is 6.42. The summed E-state index contributed by atoms with van der Waals surface area (Å²) >= 11 is 0. The second-order valence-electron chi connectivity index (χ2n) is 2.32. The molecule has 0 aromatic carbocycles. The maximum Gasteiger partial charge on any atom is 0.118 e. The summed E-state index contributed by atoms with van der Waals surface area (Å²) in [5.41, 5.74) is 1.57. The van der Waals surface area contributed by atoms with Crippen LogP contribution in [-0.4, -0.2) is 7.11 Å². The molecule has 56 valence electrons. The van der Waals surface area contributed by atoms with Crippen LogP contribution in [0.1, 0.15) is 6.42 Å². The molecule has 1 rings (SSSR count). The first-order valence-corrected chi connectivity index (χ1v) is 3.31. The topological polar surface area (TPSA) is 33.0 Å². The summed E-state index contributed by atoms with van der Waals surface area (Å²) in [6, 6.07) is 2.05. The highest BCUT2D eigenvalue weighted by Gasteiger charge is 2.09. The number of hydrogen-bond donors (Lipinski definition) is 0. The van der Waals surface area contributed by atoms with Crippen molar-refractivity contribution >= 4 is 0 Å². The van der Waals surface area contributed by atoms with E-state index in [-0.39, 0.29) is 0 Å². The molecule has 0 heterocycles. The standard InChI is InChI=1S/C9H9NO/c1-7-3-4-8(6-10)9(5-7)11-2/h3-4H,1,5H2,2H3. The molecule has 0 bridgehead atoms. The van der Waals surface area contributed by atoms with Crippen molar-refractivity contribution in [1.29, 1.82) is 5.26 Å². The average molecular weight is 147 g/mol. The summed E-state index contributed by atoms with van der Waals surface area (Å²) < 4.78 is 5.01. The second-order valence-corrected chi connectivity index (χ2v) is 2.32. The van der Waals surface area contributed by atoms with Gasteiger partial charge in [-0.05, 0) is 11.6 Å². The lowest BCUT2D eigenvalue weighted by atomic mass is 10.0. The van der Waals surface area contributed by atoms with Crippen molar-refractivity contribution in [3.8, 4) is 6.07 Å². The lowest BCUT2D eigenvalue weighted by molar-refractivity contribution is 0.281. The largest absolute Gasteiger partial charge is 0.499 e. The summed E-state index contributed by atoms with van der Waals surface area (Å²) in [6.07, 6.45) is 4.21. The highest BCUT2D eigenvalue weighted by molar-refractivity contribution is 5.44. The van der Waals surface area contributed by atoms with Gasteiger partial charge in [-0.3, -0.25) is 0 Å². The highest BCUT2D eigenvalue weighted by Crippen LogP contribution is 2.21.